The van der Waals surface area contributed by atoms with Gasteiger partial charge in [0.2, 0.25) is 6.79 Å². The number of hydrogen-bond donors (Lipinski definition) is 2. The lowest BCUT2D eigenvalue weighted by Crippen LogP contribution is -2.14. The number of anilines is 1. The Balaban J connectivity index is 1.81. The molecule has 6 nitrogen and oxygen atoms in total. The number of nitrogens with zero attached hydrogens (tertiary/aromatic N) is 2. The Labute approximate surface area is 127 Å². The third-order valence-corrected chi connectivity index (χ3v) is 3.57. The van der Waals surface area contributed by atoms with Gasteiger partial charge in [-0.15, -0.1) is 0 Å². The zero-order valence-corrected chi connectivity index (χ0v) is 12.7. The first-order chi connectivity index (χ1) is 10.1. The molecule has 3 rings (SSSR count). The highest BCUT2D eigenvalue weighted by Gasteiger charge is 2.16. The van der Waals surface area contributed by atoms with Crippen molar-refractivity contribution in [3.8, 4) is 11.5 Å². The van der Waals surface area contributed by atoms with Crippen molar-refractivity contribution in [2.24, 2.45) is 12.8 Å². The van der Waals surface area contributed by atoms with Gasteiger partial charge < -0.3 is 20.5 Å². The molecule has 0 fully saturated rings. The lowest BCUT2D eigenvalue weighted by molar-refractivity contribution is 0.174. The first kappa shape index (κ1) is 13.7. The van der Waals surface area contributed by atoms with Crippen molar-refractivity contribution in [1.82, 2.24) is 9.78 Å². The van der Waals surface area contributed by atoms with Gasteiger partial charge in [-0.05, 0) is 24.6 Å². The van der Waals surface area contributed by atoms with Crippen LogP contribution >= 0.6 is 12.2 Å². The molecular formula is C14H16N4O2S. The minimum atomic E-state index is 0.277. The van der Waals surface area contributed by atoms with Crippen LogP contribution in [0.5, 0.6) is 11.5 Å². The van der Waals surface area contributed by atoms with Gasteiger partial charge in [-0.3, -0.25) is 4.68 Å². The molecule has 2 heterocycles. The van der Waals surface area contributed by atoms with Crippen LogP contribution in [-0.4, -0.2) is 21.6 Å². The van der Waals surface area contributed by atoms with E-state index in [1.807, 2.05) is 32.2 Å². The van der Waals surface area contributed by atoms with Gasteiger partial charge in [0.15, 0.2) is 11.5 Å². The molecule has 3 N–H and O–H groups in total. The van der Waals surface area contributed by atoms with Gasteiger partial charge >= 0.3 is 0 Å². The summed E-state index contributed by atoms with van der Waals surface area (Å²) in [5.41, 5.74) is 8.45. The fraction of sp³-hybridized carbons (Fsp3) is 0.286. The fourth-order valence-corrected chi connectivity index (χ4v) is 2.64. The molecule has 0 amide bonds. The fourth-order valence-electron chi connectivity index (χ4n) is 2.39. The van der Waals surface area contributed by atoms with Crippen molar-refractivity contribution in [1.29, 1.82) is 0 Å². The third-order valence-electron chi connectivity index (χ3n) is 3.37. The number of rotatable bonds is 4. The summed E-state index contributed by atoms with van der Waals surface area (Å²) in [6.45, 7) is 2.78. The van der Waals surface area contributed by atoms with Gasteiger partial charge in [-0.1, -0.05) is 18.3 Å². The second-order valence-corrected chi connectivity index (χ2v) is 5.28. The largest absolute Gasteiger partial charge is 0.454 e. The van der Waals surface area contributed by atoms with Crippen molar-refractivity contribution in [2.75, 3.05) is 12.1 Å². The number of fused-ring (bicyclic) bond motifs is 1. The van der Waals surface area contributed by atoms with Crippen LogP contribution in [-0.2, 0) is 13.6 Å². The normalized spacial score (nSPS) is 12.5. The van der Waals surface area contributed by atoms with Crippen LogP contribution in [0.15, 0.2) is 18.2 Å². The maximum absolute atomic E-state index is 5.77. The number of ether oxygens (including phenoxy) is 2. The average Bonchev–Trinajstić information content (AvgIpc) is 2.99. The predicted octanol–water partition coefficient (Wildman–Crippen LogP) is 1.70. The number of aromatic nitrogens is 2. The molecular weight excluding hydrogens is 288 g/mol. The summed E-state index contributed by atoms with van der Waals surface area (Å²) >= 11 is 5.09. The van der Waals surface area contributed by atoms with Gasteiger partial charge in [-0.25, -0.2) is 0 Å². The van der Waals surface area contributed by atoms with Crippen LogP contribution in [0.2, 0.25) is 0 Å². The van der Waals surface area contributed by atoms with Gasteiger partial charge in [0.05, 0.1) is 11.3 Å². The van der Waals surface area contributed by atoms with E-state index in [9.17, 15) is 0 Å². The molecule has 0 saturated carbocycles. The van der Waals surface area contributed by atoms with Crippen LogP contribution in [0.3, 0.4) is 0 Å². The molecule has 0 radical (unpaired) electrons. The third kappa shape index (κ3) is 2.52. The van der Waals surface area contributed by atoms with E-state index in [-0.39, 0.29) is 6.79 Å². The van der Waals surface area contributed by atoms with Gasteiger partial charge in [0, 0.05) is 13.6 Å². The van der Waals surface area contributed by atoms with E-state index in [1.54, 1.807) is 4.68 Å². The van der Waals surface area contributed by atoms with Crippen LogP contribution in [0, 0.1) is 6.92 Å². The molecule has 2 aromatic rings. The SMILES string of the molecule is Cc1nn(C)c(NCc2ccc3c(c2)OCO3)c1C(N)=S. The molecule has 0 saturated heterocycles. The van der Waals surface area contributed by atoms with Crippen molar-refractivity contribution in [2.45, 2.75) is 13.5 Å². The summed E-state index contributed by atoms with van der Waals surface area (Å²) in [4.78, 5) is 0.341. The lowest BCUT2D eigenvalue weighted by atomic mass is 10.2. The first-order valence-electron chi connectivity index (χ1n) is 6.52. The average molecular weight is 304 g/mol. The monoisotopic (exact) mass is 304 g/mol. The molecule has 110 valence electrons. The summed E-state index contributed by atoms with van der Waals surface area (Å²) in [6, 6.07) is 5.85. The summed E-state index contributed by atoms with van der Waals surface area (Å²) in [5, 5.41) is 7.67. The van der Waals surface area contributed by atoms with Crippen LogP contribution in [0.25, 0.3) is 0 Å². The Bertz CT molecular complexity index is 711. The standard InChI is InChI=1S/C14H16N4O2S/c1-8-12(13(15)21)14(18(2)17-8)16-6-9-3-4-10-11(5-9)20-7-19-10/h3-5,16H,6-7H2,1-2H3,(H2,15,21). The molecule has 0 atom stereocenters. The molecule has 0 spiro atoms. The molecule has 7 heteroatoms. The quantitative estimate of drug-likeness (QED) is 0.838. The smallest absolute Gasteiger partial charge is 0.231 e. The maximum Gasteiger partial charge on any atom is 0.231 e. The van der Waals surface area contributed by atoms with Crippen molar-refractivity contribution >= 4 is 23.0 Å². The molecule has 1 aliphatic rings. The molecule has 1 aromatic heterocycles. The minimum Gasteiger partial charge on any atom is -0.454 e. The van der Waals surface area contributed by atoms with Gasteiger partial charge in [0.1, 0.15) is 10.8 Å². The van der Waals surface area contributed by atoms with E-state index in [2.05, 4.69) is 10.4 Å². The Morgan fingerprint density at radius 3 is 2.95 bits per heavy atom. The second-order valence-electron chi connectivity index (χ2n) is 4.84. The highest BCUT2D eigenvalue weighted by Crippen LogP contribution is 2.32. The Morgan fingerprint density at radius 1 is 1.43 bits per heavy atom. The Kier molecular flexibility index (Phi) is 3.42. The molecule has 0 bridgehead atoms. The first-order valence-corrected chi connectivity index (χ1v) is 6.93. The van der Waals surface area contributed by atoms with Crippen LogP contribution in [0.1, 0.15) is 16.8 Å². The zero-order chi connectivity index (χ0) is 15.0. The Hall–Kier alpha value is -2.28. The Morgan fingerprint density at radius 2 is 2.19 bits per heavy atom. The van der Waals surface area contributed by atoms with E-state index in [0.29, 0.717) is 11.5 Å². The zero-order valence-electron chi connectivity index (χ0n) is 11.8. The molecule has 21 heavy (non-hydrogen) atoms. The van der Waals surface area contributed by atoms with Crippen LogP contribution < -0.4 is 20.5 Å². The molecule has 0 unspecified atom stereocenters. The van der Waals surface area contributed by atoms with Crippen molar-refractivity contribution in [3.05, 3.63) is 35.0 Å². The van der Waals surface area contributed by atoms with E-state index >= 15 is 0 Å². The van der Waals surface area contributed by atoms with Gasteiger partial charge in [0.25, 0.3) is 0 Å². The van der Waals surface area contributed by atoms with Crippen molar-refractivity contribution in [3.63, 3.8) is 0 Å². The predicted molar refractivity (Wildman–Crippen MR) is 83.7 cm³/mol. The van der Waals surface area contributed by atoms with E-state index in [4.69, 9.17) is 27.4 Å². The summed E-state index contributed by atoms with van der Waals surface area (Å²) < 4.78 is 12.4. The second kappa shape index (κ2) is 5.25. The summed E-state index contributed by atoms with van der Waals surface area (Å²) in [6.07, 6.45) is 0. The van der Waals surface area contributed by atoms with E-state index in [0.717, 1.165) is 34.1 Å². The number of hydrogen-bond acceptors (Lipinski definition) is 5. The highest BCUT2D eigenvalue weighted by molar-refractivity contribution is 7.80. The van der Waals surface area contributed by atoms with Crippen molar-refractivity contribution < 1.29 is 9.47 Å². The summed E-state index contributed by atoms with van der Waals surface area (Å²) in [7, 11) is 1.86. The molecule has 0 aliphatic carbocycles. The number of thiocarbonyl (C=S) groups is 1. The molecule has 1 aromatic carbocycles. The maximum atomic E-state index is 5.77. The minimum absolute atomic E-state index is 0.277. The topological polar surface area (TPSA) is 74.3 Å². The number of nitrogens with two attached hydrogens (primary N) is 1. The van der Waals surface area contributed by atoms with E-state index < -0.39 is 0 Å². The van der Waals surface area contributed by atoms with E-state index in [1.165, 1.54) is 0 Å². The lowest BCUT2D eigenvalue weighted by Gasteiger charge is -2.09. The van der Waals surface area contributed by atoms with Crippen LogP contribution in [0.4, 0.5) is 5.82 Å². The number of aryl methyl sites for hydroxylation is 2. The van der Waals surface area contributed by atoms with Gasteiger partial charge in [-0.2, -0.15) is 5.10 Å². The summed E-state index contributed by atoms with van der Waals surface area (Å²) in [5.74, 6) is 2.36. The number of benzene rings is 1. The molecule has 1 aliphatic heterocycles. The highest BCUT2D eigenvalue weighted by atomic mass is 32.1. The number of nitrogens with one attached hydrogen (secondary N) is 1.